The van der Waals surface area contributed by atoms with Crippen molar-refractivity contribution < 1.29 is 18.6 Å². The lowest BCUT2D eigenvalue weighted by molar-refractivity contribution is -0.196. The van der Waals surface area contributed by atoms with Crippen LogP contribution < -0.4 is 0 Å². The summed E-state index contributed by atoms with van der Waals surface area (Å²) in [7, 11) is 0. The van der Waals surface area contributed by atoms with E-state index in [1.165, 1.54) is 12.5 Å². The maximum atomic E-state index is 14.4. The van der Waals surface area contributed by atoms with Crippen LogP contribution in [0.1, 0.15) is 39.1 Å². The summed E-state index contributed by atoms with van der Waals surface area (Å²) >= 11 is 0. The molecule has 0 unspecified atom stereocenters. The molecule has 0 aliphatic carbocycles. The highest BCUT2D eigenvalue weighted by Gasteiger charge is 2.55. The van der Waals surface area contributed by atoms with Crippen LogP contribution in [-0.2, 0) is 14.2 Å². The zero-order valence-corrected chi connectivity index (χ0v) is 13.6. The summed E-state index contributed by atoms with van der Waals surface area (Å²) in [6, 6.07) is 0. The Kier molecular flexibility index (Phi) is 3.23. The van der Waals surface area contributed by atoms with E-state index in [9.17, 15) is 4.39 Å². The SMILES string of the molecule is CC[C@H]1O[C@@H](n2cc(F)c3c(C)ncnc32)[C@@H]2OC(C)(C)O[C@@H]21. The highest BCUT2D eigenvalue weighted by Crippen LogP contribution is 2.44. The first kappa shape index (κ1) is 15.0. The summed E-state index contributed by atoms with van der Waals surface area (Å²) in [4.78, 5) is 8.31. The Hall–Kier alpha value is -1.57. The van der Waals surface area contributed by atoms with Crippen molar-refractivity contribution in [3.63, 3.8) is 0 Å². The van der Waals surface area contributed by atoms with E-state index in [1.807, 2.05) is 20.8 Å². The third-order valence-corrected chi connectivity index (χ3v) is 4.55. The largest absolute Gasteiger partial charge is 0.349 e. The van der Waals surface area contributed by atoms with Crippen LogP contribution in [0.3, 0.4) is 0 Å². The van der Waals surface area contributed by atoms with Gasteiger partial charge in [-0.2, -0.15) is 0 Å². The molecule has 124 valence electrons. The van der Waals surface area contributed by atoms with E-state index in [4.69, 9.17) is 14.2 Å². The first-order valence-corrected chi connectivity index (χ1v) is 7.90. The molecule has 2 aromatic heterocycles. The summed E-state index contributed by atoms with van der Waals surface area (Å²) < 4.78 is 34.2. The smallest absolute Gasteiger partial charge is 0.164 e. The van der Waals surface area contributed by atoms with Gasteiger partial charge < -0.3 is 18.8 Å². The Bertz CT molecular complexity index is 760. The van der Waals surface area contributed by atoms with Crippen molar-refractivity contribution in [2.24, 2.45) is 0 Å². The molecule has 7 heteroatoms. The van der Waals surface area contributed by atoms with Crippen LogP contribution in [-0.4, -0.2) is 38.6 Å². The second kappa shape index (κ2) is 4.96. The van der Waals surface area contributed by atoms with Crippen LogP contribution >= 0.6 is 0 Å². The standard InChI is InChI=1S/C16H20FN3O3/c1-5-10-12-13(23-16(3,4)22-12)15(21-10)20-6-9(17)11-8(2)18-7-19-14(11)20/h6-7,10,12-13,15H,5H2,1-4H3/t10-,12-,13-,15-/m1/s1. The maximum Gasteiger partial charge on any atom is 0.164 e. The highest BCUT2D eigenvalue weighted by molar-refractivity contribution is 5.79. The third-order valence-electron chi connectivity index (χ3n) is 4.55. The lowest BCUT2D eigenvalue weighted by atomic mass is 10.1. The number of fused-ring (bicyclic) bond motifs is 2. The molecule has 2 saturated heterocycles. The molecular formula is C16H20FN3O3. The van der Waals surface area contributed by atoms with Gasteiger partial charge in [-0.3, -0.25) is 0 Å². The predicted octanol–water partition coefficient (Wildman–Crippen LogP) is 2.71. The van der Waals surface area contributed by atoms with Gasteiger partial charge in [-0.15, -0.1) is 0 Å². The van der Waals surface area contributed by atoms with Crippen molar-refractivity contribution in [2.45, 2.75) is 64.4 Å². The van der Waals surface area contributed by atoms with Crippen LogP contribution in [0, 0.1) is 12.7 Å². The van der Waals surface area contributed by atoms with Crippen molar-refractivity contribution in [1.29, 1.82) is 0 Å². The van der Waals surface area contributed by atoms with E-state index in [1.54, 1.807) is 11.5 Å². The van der Waals surface area contributed by atoms with E-state index in [-0.39, 0.29) is 24.1 Å². The first-order valence-electron chi connectivity index (χ1n) is 7.90. The van der Waals surface area contributed by atoms with Gasteiger partial charge in [0.2, 0.25) is 0 Å². The van der Waals surface area contributed by atoms with Crippen molar-refractivity contribution in [3.05, 3.63) is 24.0 Å². The van der Waals surface area contributed by atoms with Gasteiger partial charge in [-0.05, 0) is 27.2 Å². The summed E-state index contributed by atoms with van der Waals surface area (Å²) in [5, 5.41) is 0.422. The molecule has 0 radical (unpaired) electrons. The number of ether oxygens (including phenoxy) is 3. The van der Waals surface area contributed by atoms with Gasteiger partial charge in [0.1, 0.15) is 24.2 Å². The molecule has 0 N–H and O–H groups in total. The Balaban J connectivity index is 1.81. The molecule has 2 aliphatic rings. The average molecular weight is 321 g/mol. The number of hydrogen-bond donors (Lipinski definition) is 0. The first-order chi connectivity index (χ1) is 10.9. The molecule has 0 saturated carbocycles. The number of aryl methyl sites for hydroxylation is 1. The minimum atomic E-state index is -0.669. The molecule has 4 atom stereocenters. The van der Waals surface area contributed by atoms with Crippen LogP contribution in [0.5, 0.6) is 0 Å². The molecule has 4 rings (SSSR count). The monoisotopic (exact) mass is 321 g/mol. The Morgan fingerprint density at radius 3 is 2.74 bits per heavy atom. The lowest BCUT2D eigenvalue weighted by Crippen LogP contribution is -2.28. The molecule has 4 heterocycles. The summed E-state index contributed by atoms with van der Waals surface area (Å²) in [6.07, 6.45) is 2.65. The van der Waals surface area contributed by atoms with Gasteiger partial charge in [0.25, 0.3) is 0 Å². The van der Waals surface area contributed by atoms with E-state index < -0.39 is 12.0 Å². The minimum absolute atomic E-state index is 0.0878. The van der Waals surface area contributed by atoms with E-state index >= 15 is 0 Å². The molecule has 2 aromatic rings. The van der Waals surface area contributed by atoms with Crippen molar-refractivity contribution in [2.75, 3.05) is 0 Å². The van der Waals surface area contributed by atoms with Crippen LogP contribution in [0.4, 0.5) is 4.39 Å². The second-order valence-electron chi connectivity index (χ2n) is 6.58. The molecule has 2 fully saturated rings. The summed E-state index contributed by atoms with van der Waals surface area (Å²) in [5.41, 5.74) is 1.13. The quantitative estimate of drug-likeness (QED) is 0.851. The van der Waals surface area contributed by atoms with E-state index in [0.717, 1.165) is 6.42 Å². The second-order valence-corrected chi connectivity index (χ2v) is 6.58. The molecule has 23 heavy (non-hydrogen) atoms. The predicted molar refractivity (Wildman–Crippen MR) is 80.2 cm³/mol. The van der Waals surface area contributed by atoms with Crippen molar-refractivity contribution in [3.8, 4) is 0 Å². The topological polar surface area (TPSA) is 58.4 Å². The molecule has 2 aliphatic heterocycles. The minimum Gasteiger partial charge on any atom is -0.349 e. The van der Waals surface area contributed by atoms with E-state index in [0.29, 0.717) is 16.7 Å². The maximum absolute atomic E-state index is 14.4. The number of halogens is 1. The van der Waals surface area contributed by atoms with Gasteiger partial charge in [0.05, 0.1) is 17.2 Å². The molecule has 0 bridgehead atoms. The van der Waals surface area contributed by atoms with Gasteiger partial charge in [0.15, 0.2) is 17.8 Å². The Morgan fingerprint density at radius 2 is 2.00 bits per heavy atom. The lowest BCUT2D eigenvalue weighted by Gasteiger charge is -2.24. The molecule has 6 nitrogen and oxygen atoms in total. The highest BCUT2D eigenvalue weighted by atomic mass is 19.1. The van der Waals surface area contributed by atoms with Crippen LogP contribution in [0.25, 0.3) is 11.0 Å². The van der Waals surface area contributed by atoms with Gasteiger partial charge >= 0.3 is 0 Å². The van der Waals surface area contributed by atoms with Gasteiger partial charge in [-0.1, -0.05) is 6.92 Å². The fraction of sp³-hybridized carbons (Fsp3) is 0.625. The van der Waals surface area contributed by atoms with E-state index in [2.05, 4.69) is 9.97 Å². The number of rotatable bonds is 2. The average Bonchev–Trinajstić information content (AvgIpc) is 3.08. The van der Waals surface area contributed by atoms with Crippen LogP contribution in [0.15, 0.2) is 12.5 Å². The Morgan fingerprint density at radius 1 is 1.26 bits per heavy atom. The van der Waals surface area contributed by atoms with Gasteiger partial charge in [-0.25, -0.2) is 14.4 Å². The summed E-state index contributed by atoms with van der Waals surface area (Å²) in [6.45, 7) is 7.58. The summed E-state index contributed by atoms with van der Waals surface area (Å²) in [5.74, 6) is -1.02. The van der Waals surface area contributed by atoms with Crippen LogP contribution in [0.2, 0.25) is 0 Å². The molecule has 0 aromatic carbocycles. The fourth-order valence-electron chi connectivity index (χ4n) is 3.59. The zero-order chi connectivity index (χ0) is 16.4. The van der Waals surface area contributed by atoms with Gasteiger partial charge in [0, 0.05) is 6.20 Å². The molecule has 0 amide bonds. The Labute approximate surface area is 133 Å². The molecular weight excluding hydrogens is 301 g/mol. The zero-order valence-electron chi connectivity index (χ0n) is 13.6. The fourth-order valence-corrected chi connectivity index (χ4v) is 3.59. The van der Waals surface area contributed by atoms with Crippen molar-refractivity contribution in [1.82, 2.24) is 14.5 Å². The third kappa shape index (κ3) is 2.18. The number of hydrogen-bond acceptors (Lipinski definition) is 5. The number of nitrogens with zero attached hydrogens (tertiary/aromatic N) is 3. The molecule has 0 spiro atoms. The normalized spacial score (nSPS) is 32.6. The number of aromatic nitrogens is 3. The van der Waals surface area contributed by atoms with Crippen molar-refractivity contribution >= 4 is 11.0 Å².